The zero-order chi connectivity index (χ0) is 17.8. The molecule has 0 amide bonds. The van der Waals surface area contributed by atoms with E-state index in [2.05, 4.69) is 29.6 Å². The van der Waals surface area contributed by atoms with Gasteiger partial charge in [-0.3, -0.25) is 0 Å². The Kier molecular flexibility index (Phi) is 5.16. The van der Waals surface area contributed by atoms with Gasteiger partial charge in [0.05, 0.1) is 5.69 Å². The first-order chi connectivity index (χ1) is 12.8. The Bertz CT molecular complexity index is 848. The standard InChI is InChI=1S/C23H26N2O/c1-17-22(25-23(26-17)19-9-3-2-4-10-19)12-6-8-18-7-5-11-20(15-18)21-13-14-24-16-21/h2-5,7,9-11,15,21,24H,6,8,12-14,16H2,1H3. The van der Waals surface area contributed by atoms with Crippen molar-refractivity contribution in [2.75, 3.05) is 13.1 Å². The van der Waals surface area contributed by atoms with Crippen LogP contribution in [0.1, 0.15) is 41.3 Å². The van der Waals surface area contributed by atoms with Crippen LogP contribution in [-0.4, -0.2) is 18.1 Å². The molecule has 134 valence electrons. The highest BCUT2D eigenvalue weighted by Gasteiger charge is 2.16. The third-order valence-corrected chi connectivity index (χ3v) is 5.28. The summed E-state index contributed by atoms with van der Waals surface area (Å²) in [5.74, 6) is 2.35. The maximum Gasteiger partial charge on any atom is 0.226 e. The number of nitrogens with one attached hydrogen (secondary N) is 1. The maximum atomic E-state index is 5.87. The molecule has 4 rings (SSSR count). The first kappa shape index (κ1) is 17.0. The van der Waals surface area contributed by atoms with Gasteiger partial charge in [0.25, 0.3) is 0 Å². The third-order valence-electron chi connectivity index (χ3n) is 5.28. The molecule has 0 aliphatic carbocycles. The van der Waals surface area contributed by atoms with Crippen molar-refractivity contribution in [2.45, 2.75) is 38.5 Å². The molecule has 1 unspecified atom stereocenters. The van der Waals surface area contributed by atoms with Crippen LogP contribution in [-0.2, 0) is 12.8 Å². The minimum atomic E-state index is 0.682. The first-order valence-electron chi connectivity index (χ1n) is 9.61. The quantitative estimate of drug-likeness (QED) is 0.690. The smallest absolute Gasteiger partial charge is 0.226 e. The van der Waals surface area contributed by atoms with E-state index in [1.54, 1.807) is 0 Å². The summed E-state index contributed by atoms with van der Waals surface area (Å²) in [6, 6.07) is 19.2. The number of oxazole rings is 1. The molecular formula is C23H26N2O. The topological polar surface area (TPSA) is 38.1 Å². The summed E-state index contributed by atoms with van der Waals surface area (Å²) >= 11 is 0. The van der Waals surface area contributed by atoms with Crippen LogP contribution in [0.2, 0.25) is 0 Å². The molecule has 1 fully saturated rings. The number of hydrogen-bond donors (Lipinski definition) is 1. The van der Waals surface area contributed by atoms with Crippen molar-refractivity contribution in [3.8, 4) is 11.5 Å². The number of aryl methyl sites for hydroxylation is 3. The molecule has 1 saturated heterocycles. The average Bonchev–Trinajstić information content (AvgIpc) is 3.33. The van der Waals surface area contributed by atoms with Gasteiger partial charge in [-0.05, 0) is 68.3 Å². The molecule has 0 spiro atoms. The van der Waals surface area contributed by atoms with Gasteiger partial charge in [-0.1, -0.05) is 42.5 Å². The average molecular weight is 346 g/mol. The number of rotatable bonds is 6. The second kappa shape index (κ2) is 7.88. The predicted octanol–water partition coefficient (Wildman–Crippen LogP) is 4.90. The van der Waals surface area contributed by atoms with E-state index in [1.807, 2.05) is 37.3 Å². The van der Waals surface area contributed by atoms with E-state index >= 15 is 0 Å². The number of aromatic nitrogens is 1. The Morgan fingerprint density at radius 1 is 1.08 bits per heavy atom. The van der Waals surface area contributed by atoms with Crippen LogP contribution in [0.15, 0.2) is 59.0 Å². The lowest BCUT2D eigenvalue weighted by Crippen LogP contribution is -2.08. The van der Waals surface area contributed by atoms with Gasteiger partial charge in [-0.15, -0.1) is 0 Å². The van der Waals surface area contributed by atoms with Crippen LogP contribution in [0.4, 0.5) is 0 Å². The van der Waals surface area contributed by atoms with Gasteiger partial charge in [0.15, 0.2) is 0 Å². The van der Waals surface area contributed by atoms with Crippen molar-refractivity contribution in [1.29, 1.82) is 0 Å². The normalized spacial score (nSPS) is 16.9. The van der Waals surface area contributed by atoms with Crippen molar-refractivity contribution in [3.05, 3.63) is 77.2 Å². The van der Waals surface area contributed by atoms with E-state index in [0.29, 0.717) is 5.92 Å². The van der Waals surface area contributed by atoms with Crippen molar-refractivity contribution in [3.63, 3.8) is 0 Å². The molecule has 2 heterocycles. The molecule has 0 saturated carbocycles. The Morgan fingerprint density at radius 3 is 2.77 bits per heavy atom. The lowest BCUT2D eigenvalue weighted by atomic mass is 9.95. The summed E-state index contributed by atoms with van der Waals surface area (Å²) in [6.45, 7) is 4.27. The molecule has 26 heavy (non-hydrogen) atoms. The Morgan fingerprint density at radius 2 is 1.96 bits per heavy atom. The van der Waals surface area contributed by atoms with Crippen LogP contribution in [0.3, 0.4) is 0 Å². The molecule has 3 nitrogen and oxygen atoms in total. The molecule has 1 N–H and O–H groups in total. The fraction of sp³-hybridized carbons (Fsp3) is 0.348. The van der Waals surface area contributed by atoms with E-state index in [0.717, 1.165) is 55.3 Å². The molecular weight excluding hydrogens is 320 g/mol. The molecule has 1 aliphatic heterocycles. The Labute approximate surface area is 155 Å². The van der Waals surface area contributed by atoms with Gasteiger partial charge < -0.3 is 9.73 Å². The molecule has 1 aliphatic rings. The molecule has 0 radical (unpaired) electrons. The van der Waals surface area contributed by atoms with Crippen molar-refractivity contribution in [2.24, 2.45) is 0 Å². The minimum Gasteiger partial charge on any atom is -0.441 e. The highest BCUT2D eigenvalue weighted by atomic mass is 16.4. The Hall–Kier alpha value is -2.39. The van der Waals surface area contributed by atoms with E-state index in [4.69, 9.17) is 9.40 Å². The number of nitrogens with zero attached hydrogens (tertiary/aromatic N) is 1. The van der Waals surface area contributed by atoms with Gasteiger partial charge in [0.1, 0.15) is 5.76 Å². The highest BCUT2D eigenvalue weighted by molar-refractivity contribution is 5.53. The van der Waals surface area contributed by atoms with Crippen LogP contribution >= 0.6 is 0 Å². The highest BCUT2D eigenvalue weighted by Crippen LogP contribution is 2.25. The van der Waals surface area contributed by atoms with Crippen LogP contribution in [0.25, 0.3) is 11.5 Å². The zero-order valence-corrected chi connectivity index (χ0v) is 15.4. The van der Waals surface area contributed by atoms with Gasteiger partial charge in [-0.25, -0.2) is 4.98 Å². The fourth-order valence-corrected chi connectivity index (χ4v) is 3.77. The molecule has 0 bridgehead atoms. The summed E-state index contributed by atoms with van der Waals surface area (Å²) in [4.78, 5) is 4.72. The summed E-state index contributed by atoms with van der Waals surface area (Å²) < 4.78 is 5.87. The van der Waals surface area contributed by atoms with Crippen LogP contribution in [0, 0.1) is 6.92 Å². The molecule has 3 heteroatoms. The molecule has 1 aromatic heterocycles. The van der Waals surface area contributed by atoms with Gasteiger partial charge in [0, 0.05) is 12.1 Å². The SMILES string of the molecule is Cc1oc(-c2ccccc2)nc1CCCc1cccc(C2CCNC2)c1. The summed E-state index contributed by atoms with van der Waals surface area (Å²) in [5, 5.41) is 3.46. The predicted molar refractivity (Wildman–Crippen MR) is 105 cm³/mol. The minimum absolute atomic E-state index is 0.682. The second-order valence-electron chi connectivity index (χ2n) is 7.18. The number of benzene rings is 2. The van der Waals surface area contributed by atoms with Gasteiger partial charge in [-0.2, -0.15) is 0 Å². The van der Waals surface area contributed by atoms with Crippen LogP contribution in [0.5, 0.6) is 0 Å². The summed E-state index contributed by atoms with van der Waals surface area (Å²) in [5.41, 5.74) is 5.04. The van der Waals surface area contributed by atoms with E-state index < -0.39 is 0 Å². The van der Waals surface area contributed by atoms with Gasteiger partial charge >= 0.3 is 0 Å². The summed E-state index contributed by atoms with van der Waals surface area (Å²) in [7, 11) is 0. The van der Waals surface area contributed by atoms with Crippen molar-refractivity contribution in [1.82, 2.24) is 10.3 Å². The van der Waals surface area contributed by atoms with E-state index in [9.17, 15) is 0 Å². The van der Waals surface area contributed by atoms with Crippen LogP contribution < -0.4 is 5.32 Å². The summed E-state index contributed by atoms with van der Waals surface area (Å²) in [6.07, 6.45) is 4.39. The maximum absolute atomic E-state index is 5.87. The van der Waals surface area contributed by atoms with Gasteiger partial charge in [0.2, 0.25) is 5.89 Å². The molecule has 1 atom stereocenters. The largest absolute Gasteiger partial charge is 0.441 e. The van der Waals surface area contributed by atoms with Crippen molar-refractivity contribution >= 4 is 0 Å². The zero-order valence-electron chi connectivity index (χ0n) is 15.4. The van der Waals surface area contributed by atoms with E-state index in [1.165, 1.54) is 17.5 Å². The Balaban J connectivity index is 1.38. The van der Waals surface area contributed by atoms with E-state index in [-0.39, 0.29) is 0 Å². The first-order valence-corrected chi connectivity index (χ1v) is 9.61. The second-order valence-corrected chi connectivity index (χ2v) is 7.18. The van der Waals surface area contributed by atoms with Crippen molar-refractivity contribution < 1.29 is 4.42 Å². The lowest BCUT2D eigenvalue weighted by Gasteiger charge is -2.10. The monoisotopic (exact) mass is 346 g/mol. The number of hydrogen-bond acceptors (Lipinski definition) is 3. The lowest BCUT2D eigenvalue weighted by molar-refractivity contribution is 0.538. The molecule has 2 aromatic carbocycles. The fourth-order valence-electron chi connectivity index (χ4n) is 3.77. The molecule has 3 aromatic rings. The third kappa shape index (κ3) is 3.88.